The van der Waals surface area contributed by atoms with Gasteiger partial charge in [-0.3, -0.25) is 4.79 Å². The van der Waals surface area contributed by atoms with Crippen LogP contribution in [0.25, 0.3) is 22.3 Å². The Labute approximate surface area is 202 Å². The van der Waals surface area contributed by atoms with E-state index in [-0.39, 0.29) is 11.6 Å². The van der Waals surface area contributed by atoms with Crippen LogP contribution in [0.1, 0.15) is 30.2 Å². The lowest BCUT2D eigenvalue weighted by atomic mass is 10.1. The Morgan fingerprint density at radius 2 is 1.80 bits per heavy atom. The van der Waals surface area contributed by atoms with Gasteiger partial charge in [-0.25, -0.2) is 14.5 Å². The molecule has 0 saturated heterocycles. The van der Waals surface area contributed by atoms with E-state index in [1.54, 1.807) is 35.1 Å². The molecule has 2 aromatic heterocycles. The van der Waals surface area contributed by atoms with Gasteiger partial charge < -0.3 is 19.5 Å². The number of carbonyl (C=O) groups excluding carboxylic acids is 2. The van der Waals surface area contributed by atoms with Crippen molar-refractivity contribution >= 4 is 28.6 Å². The van der Waals surface area contributed by atoms with Crippen molar-refractivity contribution in [1.82, 2.24) is 14.8 Å². The van der Waals surface area contributed by atoms with Crippen molar-refractivity contribution in [3.8, 4) is 22.8 Å². The molecule has 2 aromatic carbocycles. The highest BCUT2D eigenvalue weighted by molar-refractivity contribution is 6.05. The van der Waals surface area contributed by atoms with Crippen LogP contribution in [0.5, 0.6) is 11.5 Å². The molecule has 0 spiro atoms. The predicted molar refractivity (Wildman–Crippen MR) is 132 cm³/mol. The summed E-state index contributed by atoms with van der Waals surface area (Å²) in [4.78, 5) is 30.4. The summed E-state index contributed by atoms with van der Waals surface area (Å²) >= 11 is 0. The molecule has 1 N–H and O–H groups in total. The Morgan fingerprint density at radius 3 is 2.49 bits per heavy atom. The number of rotatable bonds is 8. The second-order valence-corrected chi connectivity index (χ2v) is 8.03. The minimum absolute atomic E-state index is 0.0403. The van der Waals surface area contributed by atoms with Gasteiger partial charge in [0.25, 0.3) is 5.91 Å². The number of esters is 1. The maximum absolute atomic E-state index is 13.1. The van der Waals surface area contributed by atoms with E-state index in [0.717, 1.165) is 5.56 Å². The first kappa shape index (κ1) is 23.7. The smallest absolute Gasteiger partial charge is 0.339 e. The highest BCUT2D eigenvalue weighted by Gasteiger charge is 2.20. The average Bonchev–Trinajstić information content (AvgIpc) is 3.31. The Bertz CT molecular complexity index is 1370. The summed E-state index contributed by atoms with van der Waals surface area (Å²) in [5.41, 5.74) is 2.72. The number of hydrogen-bond donors (Lipinski definition) is 1. The molecule has 4 aromatic rings. The number of ether oxygens (including phenoxy) is 3. The van der Waals surface area contributed by atoms with Crippen molar-refractivity contribution < 1.29 is 23.8 Å². The van der Waals surface area contributed by atoms with Crippen molar-refractivity contribution in [3.63, 3.8) is 0 Å². The highest BCUT2D eigenvalue weighted by Crippen LogP contribution is 2.29. The molecule has 180 valence electrons. The van der Waals surface area contributed by atoms with Gasteiger partial charge in [-0.2, -0.15) is 5.10 Å². The molecule has 9 nitrogen and oxygen atoms in total. The average molecular weight is 475 g/mol. The van der Waals surface area contributed by atoms with Crippen LogP contribution in [0.15, 0.2) is 60.8 Å². The number of pyridine rings is 1. The fourth-order valence-electron chi connectivity index (χ4n) is 3.63. The van der Waals surface area contributed by atoms with Crippen molar-refractivity contribution in [2.24, 2.45) is 0 Å². The normalized spacial score (nSPS) is 10.9. The van der Waals surface area contributed by atoms with Gasteiger partial charge >= 0.3 is 5.97 Å². The minimum Gasteiger partial charge on any atom is -0.497 e. The molecule has 2 heterocycles. The highest BCUT2D eigenvalue weighted by atomic mass is 16.5. The third-order valence-corrected chi connectivity index (χ3v) is 5.36. The van der Waals surface area contributed by atoms with Gasteiger partial charge in [0.05, 0.1) is 42.7 Å². The van der Waals surface area contributed by atoms with E-state index in [1.807, 2.05) is 44.2 Å². The van der Waals surface area contributed by atoms with Gasteiger partial charge in [-0.1, -0.05) is 30.3 Å². The zero-order chi connectivity index (χ0) is 24.9. The third kappa shape index (κ3) is 5.08. The molecule has 35 heavy (non-hydrogen) atoms. The topological polar surface area (TPSA) is 105 Å². The summed E-state index contributed by atoms with van der Waals surface area (Å²) in [6.07, 6.45) is 1.59. The summed E-state index contributed by atoms with van der Waals surface area (Å²) in [6.45, 7) is 3.49. The molecule has 9 heteroatoms. The molecule has 0 aliphatic carbocycles. The number of carbonyl (C=O) groups is 2. The minimum atomic E-state index is -0.648. The van der Waals surface area contributed by atoms with Crippen LogP contribution >= 0.6 is 0 Å². The lowest BCUT2D eigenvalue weighted by molar-refractivity contribution is -0.119. The molecule has 1 amide bonds. The molecule has 0 radical (unpaired) electrons. The fraction of sp³-hybridized carbons (Fsp3) is 0.231. The van der Waals surface area contributed by atoms with Gasteiger partial charge in [-0.15, -0.1) is 0 Å². The van der Waals surface area contributed by atoms with Crippen LogP contribution in [-0.2, 0) is 9.53 Å². The van der Waals surface area contributed by atoms with E-state index in [1.165, 1.54) is 14.2 Å². The zero-order valence-electron chi connectivity index (χ0n) is 19.9. The molecular formula is C26H26N4O5. The van der Waals surface area contributed by atoms with E-state index in [2.05, 4.69) is 10.4 Å². The largest absolute Gasteiger partial charge is 0.497 e. The van der Waals surface area contributed by atoms with E-state index >= 15 is 0 Å². The van der Waals surface area contributed by atoms with Gasteiger partial charge in [-0.05, 0) is 32.0 Å². The fourth-order valence-corrected chi connectivity index (χ4v) is 3.63. The maximum atomic E-state index is 13.1. The number of benzene rings is 2. The number of anilines is 1. The van der Waals surface area contributed by atoms with Crippen molar-refractivity contribution in [2.75, 3.05) is 26.1 Å². The number of amides is 1. The van der Waals surface area contributed by atoms with Crippen molar-refractivity contribution in [2.45, 2.75) is 19.9 Å². The maximum Gasteiger partial charge on any atom is 0.339 e. The number of aromatic nitrogens is 3. The second-order valence-electron chi connectivity index (χ2n) is 8.03. The van der Waals surface area contributed by atoms with E-state index < -0.39 is 18.5 Å². The van der Waals surface area contributed by atoms with Crippen LogP contribution in [0.4, 0.5) is 5.69 Å². The van der Waals surface area contributed by atoms with Gasteiger partial charge in [0.2, 0.25) is 0 Å². The molecule has 0 aliphatic rings. The van der Waals surface area contributed by atoms with Crippen LogP contribution in [0.3, 0.4) is 0 Å². The Kier molecular flexibility index (Phi) is 6.96. The van der Waals surface area contributed by atoms with E-state index in [9.17, 15) is 9.59 Å². The van der Waals surface area contributed by atoms with Gasteiger partial charge in [0, 0.05) is 17.7 Å². The zero-order valence-corrected chi connectivity index (χ0v) is 19.9. The molecule has 4 rings (SSSR count). The van der Waals surface area contributed by atoms with Crippen LogP contribution in [-0.4, -0.2) is 47.5 Å². The Balaban J connectivity index is 1.59. The third-order valence-electron chi connectivity index (χ3n) is 5.36. The SMILES string of the molecule is COc1ccc(OC)c(NC(=O)COC(=O)c2cc(-c3ccccc3)nc3c2cnn3C(C)C)c1. The molecule has 0 atom stereocenters. The lowest BCUT2D eigenvalue weighted by Crippen LogP contribution is -2.21. The standard InChI is InChI=1S/C26H26N4O5/c1-16(2)30-25-20(14-27-30)19(13-21(29-25)17-8-6-5-7-9-17)26(32)35-15-24(31)28-22-12-18(33-3)10-11-23(22)34-4/h5-14,16H,15H2,1-4H3,(H,28,31). The van der Waals surface area contributed by atoms with Gasteiger partial charge in [0.1, 0.15) is 11.5 Å². The summed E-state index contributed by atoms with van der Waals surface area (Å²) in [6, 6.07) is 16.2. The summed E-state index contributed by atoms with van der Waals surface area (Å²) in [7, 11) is 3.02. The molecule has 0 aliphatic heterocycles. The molecule has 0 bridgehead atoms. The summed E-state index contributed by atoms with van der Waals surface area (Å²) in [5.74, 6) is -0.162. The van der Waals surface area contributed by atoms with E-state index in [0.29, 0.717) is 33.9 Å². The monoisotopic (exact) mass is 474 g/mol. The summed E-state index contributed by atoms with van der Waals surface area (Å²) in [5, 5.41) is 7.64. The van der Waals surface area contributed by atoms with Crippen LogP contribution in [0.2, 0.25) is 0 Å². The first-order valence-corrected chi connectivity index (χ1v) is 11.0. The Hall–Kier alpha value is -4.40. The lowest BCUT2D eigenvalue weighted by Gasteiger charge is -2.12. The second kappa shape index (κ2) is 10.3. The first-order valence-electron chi connectivity index (χ1n) is 11.0. The van der Waals surface area contributed by atoms with E-state index in [4.69, 9.17) is 19.2 Å². The number of nitrogens with one attached hydrogen (secondary N) is 1. The van der Waals surface area contributed by atoms with Gasteiger partial charge in [0.15, 0.2) is 12.3 Å². The number of methoxy groups -OCH3 is 2. The number of nitrogens with zero attached hydrogens (tertiary/aromatic N) is 3. The predicted octanol–water partition coefficient (Wildman–Crippen LogP) is 4.49. The van der Waals surface area contributed by atoms with Crippen LogP contribution in [0, 0.1) is 0 Å². The number of fused-ring (bicyclic) bond motifs is 1. The molecule has 0 unspecified atom stereocenters. The summed E-state index contributed by atoms with van der Waals surface area (Å²) < 4.78 is 17.6. The quantitative estimate of drug-likeness (QED) is 0.375. The Morgan fingerprint density at radius 1 is 1.03 bits per heavy atom. The number of hydrogen-bond acceptors (Lipinski definition) is 7. The van der Waals surface area contributed by atoms with Crippen LogP contribution < -0.4 is 14.8 Å². The molecule has 0 fully saturated rings. The first-order chi connectivity index (χ1) is 16.9. The van der Waals surface area contributed by atoms with Crippen molar-refractivity contribution in [1.29, 1.82) is 0 Å². The molecule has 0 saturated carbocycles. The molecular weight excluding hydrogens is 448 g/mol. The van der Waals surface area contributed by atoms with Crippen molar-refractivity contribution in [3.05, 3.63) is 66.4 Å².